The molecule has 0 spiro atoms. The van der Waals surface area contributed by atoms with Crippen molar-refractivity contribution >= 4 is 22.8 Å². The normalized spacial score (nSPS) is 26.4. The Balaban J connectivity index is 1.82. The standard InChI is InChI=1S/C19H23FN4O3/c1-2-23-16-9-11(12-7-8-21-10-13(12)20)3-4-14(16)24(19(23)27)15-5-6-17(25)22-18(15)26/h3-4,9,12-13,15,21H,2,5-8,10H2,1H3,(H,22,25,26)/t12-,13+,15?/m1/s1. The smallest absolute Gasteiger partial charge is 0.314 e. The fourth-order valence-corrected chi connectivity index (χ4v) is 4.26. The second kappa shape index (κ2) is 6.92. The number of benzene rings is 1. The minimum Gasteiger partial charge on any atom is -0.314 e. The highest BCUT2D eigenvalue weighted by Crippen LogP contribution is 2.31. The van der Waals surface area contributed by atoms with Gasteiger partial charge in [-0.05, 0) is 44.0 Å². The summed E-state index contributed by atoms with van der Waals surface area (Å²) in [6, 6.07) is 4.83. The average molecular weight is 374 g/mol. The lowest BCUT2D eigenvalue weighted by Gasteiger charge is -2.27. The van der Waals surface area contributed by atoms with Gasteiger partial charge in [0.1, 0.15) is 12.2 Å². The van der Waals surface area contributed by atoms with Crippen molar-refractivity contribution in [3.05, 3.63) is 34.2 Å². The van der Waals surface area contributed by atoms with Crippen molar-refractivity contribution in [2.24, 2.45) is 0 Å². The van der Waals surface area contributed by atoms with Crippen LogP contribution in [0.5, 0.6) is 0 Å². The minimum absolute atomic E-state index is 0.199. The summed E-state index contributed by atoms with van der Waals surface area (Å²) in [5.41, 5.74) is 1.94. The highest BCUT2D eigenvalue weighted by Gasteiger charge is 2.32. The van der Waals surface area contributed by atoms with Crippen molar-refractivity contribution in [3.8, 4) is 0 Å². The van der Waals surface area contributed by atoms with Crippen LogP contribution in [0.3, 0.4) is 0 Å². The van der Waals surface area contributed by atoms with Crippen LogP contribution < -0.4 is 16.3 Å². The number of rotatable bonds is 3. The fraction of sp³-hybridized carbons (Fsp3) is 0.526. The maximum Gasteiger partial charge on any atom is 0.329 e. The van der Waals surface area contributed by atoms with Gasteiger partial charge in [0.25, 0.3) is 0 Å². The van der Waals surface area contributed by atoms with Crippen LogP contribution >= 0.6 is 0 Å². The summed E-state index contributed by atoms with van der Waals surface area (Å²) in [7, 11) is 0. The summed E-state index contributed by atoms with van der Waals surface area (Å²) in [5, 5.41) is 5.36. The molecule has 1 aromatic carbocycles. The number of aryl methyl sites for hydroxylation is 1. The summed E-state index contributed by atoms with van der Waals surface area (Å²) in [6.07, 6.45) is 0.251. The largest absolute Gasteiger partial charge is 0.329 e. The number of halogens is 1. The number of imidazole rings is 1. The zero-order chi connectivity index (χ0) is 19.1. The van der Waals surface area contributed by atoms with Crippen LogP contribution in [0, 0.1) is 0 Å². The van der Waals surface area contributed by atoms with Gasteiger partial charge in [-0.1, -0.05) is 6.07 Å². The van der Waals surface area contributed by atoms with E-state index in [2.05, 4.69) is 10.6 Å². The van der Waals surface area contributed by atoms with Gasteiger partial charge in [-0.2, -0.15) is 0 Å². The van der Waals surface area contributed by atoms with Gasteiger partial charge in [-0.15, -0.1) is 0 Å². The predicted octanol–water partition coefficient (Wildman–Crippen LogP) is 1.22. The maximum atomic E-state index is 14.4. The van der Waals surface area contributed by atoms with E-state index in [1.54, 1.807) is 10.6 Å². The number of nitrogens with zero attached hydrogens (tertiary/aromatic N) is 2. The van der Waals surface area contributed by atoms with Gasteiger partial charge in [0.2, 0.25) is 11.8 Å². The van der Waals surface area contributed by atoms with Crippen LogP contribution in [0.1, 0.15) is 43.7 Å². The Bertz CT molecular complexity index is 964. The lowest BCUT2D eigenvalue weighted by molar-refractivity contribution is -0.135. The van der Waals surface area contributed by atoms with E-state index in [0.717, 1.165) is 12.1 Å². The van der Waals surface area contributed by atoms with Gasteiger partial charge >= 0.3 is 5.69 Å². The number of hydrogen-bond acceptors (Lipinski definition) is 4. The third kappa shape index (κ3) is 2.97. The summed E-state index contributed by atoms with van der Waals surface area (Å²) >= 11 is 0. The molecule has 2 aliphatic heterocycles. The van der Waals surface area contributed by atoms with E-state index < -0.39 is 18.1 Å². The second-order valence-electron chi connectivity index (χ2n) is 7.23. The Morgan fingerprint density at radius 2 is 2.00 bits per heavy atom. The molecule has 144 valence electrons. The molecule has 0 saturated carbocycles. The summed E-state index contributed by atoms with van der Waals surface area (Å²) in [5.74, 6) is -0.963. The number of piperidine rings is 2. The minimum atomic E-state index is -0.963. The van der Waals surface area contributed by atoms with E-state index in [1.165, 1.54) is 4.57 Å². The van der Waals surface area contributed by atoms with Crippen LogP contribution in [0.4, 0.5) is 4.39 Å². The SMILES string of the molecule is CCn1c(=O)n(C2CCC(=O)NC2=O)c2ccc([C@H]3CCNC[C@@H]3F)cc21. The number of carbonyl (C=O) groups excluding carboxylic acids is 2. The summed E-state index contributed by atoms with van der Waals surface area (Å²) in [4.78, 5) is 36.7. The van der Waals surface area contributed by atoms with Gasteiger partial charge in [0, 0.05) is 25.4 Å². The van der Waals surface area contributed by atoms with Gasteiger partial charge in [-0.3, -0.25) is 24.0 Å². The predicted molar refractivity (Wildman–Crippen MR) is 98.4 cm³/mol. The van der Waals surface area contributed by atoms with Gasteiger partial charge in [0.05, 0.1) is 11.0 Å². The first kappa shape index (κ1) is 17.9. The van der Waals surface area contributed by atoms with Crippen molar-refractivity contribution in [3.63, 3.8) is 0 Å². The molecule has 1 aromatic heterocycles. The Kier molecular flexibility index (Phi) is 4.59. The second-order valence-corrected chi connectivity index (χ2v) is 7.23. The first-order valence-electron chi connectivity index (χ1n) is 9.44. The molecule has 2 fully saturated rings. The molecule has 7 nitrogen and oxygen atoms in total. The molecule has 0 radical (unpaired) electrons. The molecule has 2 aromatic rings. The van der Waals surface area contributed by atoms with Crippen molar-refractivity contribution in [2.75, 3.05) is 13.1 Å². The first-order valence-corrected chi connectivity index (χ1v) is 9.44. The van der Waals surface area contributed by atoms with Gasteiger partial charge in [0.15, 0.2) is 0 Å². The number of nitrogens with one attached hydrogen (secondary N) is 2. The molecule has 2 N–H and O–H groups in total. The third-order valence-corrected chi connectivity index (χ3v) is 5.66. The van der Waals surface area contributed by atoms with Crippen molar-refractivity contribution in [2.45, 2.75) is 50.9 Å². The van der Waals surface area contributed by atoms with E-state index in [4.69, 9.17) is 0 Å². The summed E-state index contributed by atoms with van der Waals surface area (Å²) in [6.45, 7) is 3.41. The number of amides is 2. The van der Waals surface area contributed by atoms with Crippen LogP contribution in [0.15, 0.2) is 23.0 Å². The Morgan fingerprint density at radius 3 is 2.70 bits per heavy atom. The molecular weight excluding hydrogens is 351 g/mol. The van der Waals surface area contributed by atoms with Crippen LogP contribution in [-0.4, -0.2) is 40.2 Å². The zero-order valence-electron chi connectivity index (χ0n) is 15.2. The van der Waals surface area contributed by atoms with E-state index in [-0.39, 0.29) is 23.9 Å². The number of imide groups is 1. The molecule has 0 bridgehead atoms. The Labute approximate surface area is 155 Å². The van der Waals surface area contributed by atoms with Crippen molar-refractivity contribution < 1.29 is 14.0 Å². The van der Waals surface area contributed by atoms with E-state index in [0.29, 0.717) is 37.0 Å². The molecule has 27 heavy (non-hydrogen) atoms. The number of fused-ring (bicyclic) bond motifs is 1. The molecule has 0 aliphatic carbocycles. The highest BCUT2D eigenvalue weighted by atomic mass is 19.1. The number of hydrogen-bond donors (Lipinski definition) is 2. The van der Waals surface area contributed by atoms with Crippen molar-refractivity contribution in [1.29, 1.82) is 0 Å². The Hall–Kier alpha value is -2.48. The van der Waals surface area contributed by atoms with E-state index in [1.807, 2.05) is 19.1 Å². The van der Waals surface area contributed by atoms with Crippen LogP contribution in [-0.2, 0) is 16.1 Å². The van der Waals surface area contributed by atoms with Crippen LogP contribution in [0.2, 0.25) is 0 Å². The zero-order valence-corrected chi connectivity index (χ0v) is 15.2. The lowest BCUT2D eigenvalue weighted by atomic mass is 9.88. The molecule has 2 aliphatic rings. The van der Waals surface area contributed by atoms with Crippen molar-refractivity contribution in [1.82, 2.24) is 19.8 Å². The molecule has 4 rings (SSSR count). The Morgan fingerprint density at radius 1 is 1.19 bits per heavy atom. The topological polar surface area (TPSA) is 85.1 Å². The molecule has 8 heteroatoms. The lowest BCUT2D eigenvalue weighted by Crippen LogP contribution is -2.44. The number of aromatic nitrogens is 2. The monoisotopic (exact) mass is 374 g/mol. The molecular formula is C19H23FN4O3. The fourth-order valence-electron chi connectivity index (χ4n) is 4.26. The maximum absolute atomic E-state index is 14.4. The molecule has 3 atom stereocenters. The molecule has 1 unspecified atom stereocenters. The number of alkyl halides is 1. The number of carbonyl (C=O) groups is 2. The first-order chi connectivity index (χ1) is 13.0. The van der Waals surface area contributed by atoms with Crippen LogP contribution in [0.25, 0.3) is 11.0 Å². The molecule has 2 amide bonds. The molecule has 3 heterocycles. The quantitative estimate of drug-likeness (QED) is 0.791. The molecule has 2 saturated heterocycles. The van der Waals surface area contributed by atoms with Gasteiger partial charge < -0.3 is 5.32 Å². The van der Waals surface area contributed by atoms with E-state index >= 15 is 0 Å². The van der Waals surface area contributed by atoms with E-state index in [9.17, 15) is 18.8 Å². The summed E-state index contributed by atoms with van der Waals surface area (Å²) < 4.78 is 17.4. The highest BCUT2D eigenvalue weighted by molar-refractivity contribution is 6.00. The average Bonchev–Trinajstić information content (AvgIpc) is 2.93. The van der Waals surface area contributed by atoms with Gasteiger partial charge in [-0.25, -0.2) is 9.18 Å². The third-order valence-electron chi connectivity index (χ3n) is 5.66.